The highest BCUT2D eigenvalue weighted by atomic mass is 79.9. The molecule has 4 heteroatoms. The van der Waals surface area contributed by atoms with E-state index in [-0.39, 0.29) is 5.91 Å². The summed E-state index contributed by atoms with van der Waals surface area (Å²) in [7, 11) is 1.69. The number of amides is 1. The van der Waals surface area contributed by atoms with Crippen molar-refractivity contribution < 1.29 is 4.79 Å². The number of hydrogen-bond acceptors (Lipinski definition) is 2. The monoisotopic (exact) mass is 308 g/mol. The van der Waals surface area contributed by atoms with Crippen molar-refractivity contribution in [1.29, 1.82) is 5.26 Å². The Morgan fingerprint density at radius 1 is 1.56 bits per heavy atom. The van der Waals surface area contributed by atoms with E-state index < -0.39 is 6.04 Å². The first-order valence-corrected chi connectivity index (χ1v) is 6.80. The molecule has 0 saturated heterocycles. The molecule has 1 rings (SSSR count). The first-order chi connectivity index (χ1) is 8.60. The van der Waals surface area contributed by atoms with Gasteiger partial charge in [-0.2, -0.15) is 5.26 Å². The highest BCUT2D eigenvalue weighted by Gasteiger charge is 2.20. The fourth-order valence-corrected chi connectivity index (χ4v) is 2.13. The quantitative estimate of drug-likeness (QED) is 0.833. The number of carbonyl (C=O) groups is 1. The first-order valence-electron chi connectivity index (χ1n) is 6.01. The Bertz CT molecular complexity index is 453. The molecule has 1 aromatic carbocycles. The minimum atomic E-state index is -0.521. The number of nitriles is 1. The van der Waals surface area contributed by atoms with Crippen LogP contribution in [0.2, 0.25) is 0 Å². The molecule has 3 nitrogen and oxygen atoms in total. The summed E-state index contributed by atoms with van der Waals surface area (Å²) in [5.41, 5.74) is 0.833. The molecule has 0 radical (unpaired) electrons. The van der Waals surface area contributed by atoms with Crippen LogP contribution >= 0.6 is 15.9 Å². The van der Waals surface area contributed by atoms with Crippen LogP contribution in [0.5, 0.6) is 0 Å². The second-order valence-corrected chi connectivity index (χ2v) is 5.11. The maximum atomic E-state index is 11.9. The third-order valence-corrected chi connectivity index (χ3v) is 3.30. The predicted molar refractivity (Wildman–Crippen MR) is 74.8 cm³/mol. The van der Waals surface area contributed by atoms with E-state index in [0.29, 0.717) is 6.42 Å². The number of unbranched alkanes of at least 4 members (excludes halogenated alkanes) is 1. The summed E-state index contributed by atoms with van der Waals surface area (Å²) in [5.74, 6) is 0.0170. The van der Waals surface area contributed by atoms with E-state index in [1.165, 1.54) is 4.90 Å². The zero-order chi connectivity index (χ0) is 13.5. The fourth-order valence-electron chi connectivity index (χ4n) is 1.71. The van der Waals surface area contributed by atoms with Crippen LogP contribution in [-0.2, 0) is 4.79 Å². The second kappa shape index (κ2) is 7.17. The number of halogens is 1. The number of nitrogens with zero attached hydrogens (tertiary/aromatic N) is 2. The lowest BCUT2D eigenvalue weighted by Crippen LogP contribution is -2.30. The van der Waals surface area contributed by atoms with E-state index in [1.807, 2.05) is 31.2 Å². The minimum absolute atomic E-state index is 0.0170. The van der Waals surface area contributed by atoms with Crippen LogP contribution in [0.1, 0.15) is 37.8 Å². The Kier molecular flexibility index (Phi) is 5.87. The van der Waals surface area contributed by atoms with Crippen molar-refractivity contribution >= 4 is 21.8 Å². The summed E-state index contributed by atoms with van der Waals surface area (Å²) in [5, 5.41) is 9.26. The van der Waals surface area contributed by atoms with E-state index in [9.17, 15) is 10.1 Å². The van der Waals surface area contributed by atoms with Crippen LogP contribution in [-0.4, -0.2) is 17.9 Å². The molecule has 18 heavy (non-hydrogen) atoms. The van der Waals surface area contributed by atoms with Crippen LogP contribution in [0.3, 0.4) is 0 Å². The van der Waals surface area contributed by atoms with Gasteiger partial charge in [-0.3, -0.25) is 4.79 Å². The molecule has 96 valence electrons. The van der Waals surface area contributed by atoms with Gasteiger partial charge >= 0.3 is 0 Å². The van der Waals surface area contributed by atoms with Gasteiger partial charge in [0.2, 0.25) is 5.91 Å². The number of hydrogen-bond donors (Lipinski definition) is 0. The van der Waals surface area contributed by atoms with Gasteiger partial charge in [-0.05, 0) is 24.1 Å². The Morgan fingerprint density at radius 2 is 2.28 bits per heavy atom. The fraction of sp³-hybridized carbons (Fsp3) is 0.429. The maximum Gasteiger partial charge on any atom is 0.223 e. The van der Waals surface area contributed by atoms with Crippen molar-refractivity contribution in [2.45, 2.75) is 32.2 Å². The van der Waals surface area contributed by atoms with Gasteiger partial charge in [0.15, 0.2) is 0 Å². The van der Waals surface area contributed by atoms with E-state index >= 15 is 0 Å². The van der Waals surface area contributed by atoms with Gasteiger partial charge in [-0.25, -0.2) is 0 Å². The molecule has 0 aliphatic rings. The molecule has 1 atom stereocenters. The van der Waals surface area contributed by atoms with Gasteiger partial charge in [0.25, 0.3) is 0 Å². The van der Waals surface area contributed by atoms with Crippen LogP contribution in [0.4, 0.5) is 0 Å². The molecule has 0 aliphatic carbocycles. The van der Waals surface area contributed by atoms with E-state index in [1.54, 1.807) is 7.05 Å². The molecule has 0 saturated carbocycles. The predicted octanol–water partition coefficient (Wildman–Crippen LogP) is 3.66. The number of benzene rings is 1. The minimum Gasteiger partial charge on any atom is -0.326 e. The molecule has 0 aromatic heterocycles. The van der Waals surface area contributed by atoms with Crippen molar-refractivity contribution in [3.63, 3.8) is 0 Å². The standard InChI is InChI=1S/C14H17BrN2O/c1-3-4-8-14(18)17(2)13(10-16)11-6-5-7-12(15)9-11/h5-7,9,13H,3-4,8H2,1-2H3. The van der Waals surface area contributed by atoms with Crippen LogP contribution < -0.4 is 0 Å². The number of rotatable bonds is 5. The Hall–Kier alpha value is -1.34. The molecule has 0 aliphatic heterocycles. The molecule has 0 heterocycles. The molecule has 0 bridgehead atoms. The third kappa shape index (κ3) is 3.85. The summed E-state index contributed by atoms with van der Waals surface area (Å²) in [6, 6.07) is 9.17. The highest BCUT2D eigenvalue weighted by molar-refractivity contribution is 9.10. The average molecular weight is 309 g/mol. The molecule has 0 spiro atoms. The molecule has 1 amide bonds. The van der Waals surface area contributed by atoms with Crippen molar-refractivity contribution in [3.05, 3.63) is 34.3 Å². The number of carbonyl (C=O) groups excluding carboxylic acids is 1. The highest BCUT2D eigenvalue weighted by Crippen LogP contribution is 2.22. The van der Waals surface area contributed by atoms with E-state index in [4.69, 9.17) is 0 Å². The van der Waals surface area contributed by atoms with Gasteiger partial charge < -0.3 is 4.90 Å². The maximum absolute atomic E-state index is 11.9. The van der Waals surface area contributed by atoms with E-state index in [2.05, 4.69) is 22.0 Å². The Balaban J connectivity index is 2.84. The molecule has 1 unspecified atom stereocenters. The largest absolute Gasteiger partial charge is 0.326 e. The van der Waals surface area contributed by atoms with Crippen molar-refractivity contribution in [1.82, 2.24) is 4.90 Å². The third-order valence-electron chi connectivity index (χ3n) is 2.81. The zero-order valence-electron chi connectivity index (χ0n) is 10.7. The van der Waals surface area contributed by atoms with Gasteiger partial charge in [-0.1, -0.05) is 41.4 Å². The Morgan fingerprint density at radius 3 is 2.83 bits per heavy atom. The normalized spacial score (nSPS) is 11.7. The topological polar surface area (TPSA) is 44.1 Å². The lowest BCUT2D eigenvalue weighted by molar-refractivity contribution is -0.131. The van der Waals surface area contributed by atoms with Crippen molar-refractivity contribution in [2.75, 3.05) is 7.05 Å². The van der Waals surface area contributed by atoms with Crippen molar-refractivity contribution in [3.8, 4) is 6.07 Å². The van der Waals surface area contributed by atoms with Crippen LogP contribution in [0.15, 0.2) is 28.7 Å². The summed E-state index contributed by atoms with van der Waals surface area (Å²) in [6.45, 7) is 2.05. The summed E-state index contributed by atoms with van der Waals surface area (Å²) in [6.07, 6.45) is 2.34. The SMILES string of the molecule is CCCCC(=O)N(C)C(C#N)c1cccc(Br)c1. The van der Waals surface area contributed by atoms with E-state index in [0.717, 1.165) is 22.9 Å². The molecular weight excluding hydrogens is 292 g/mol. The van der Waals surface area contributed by atoms with Crippen LogP contribution in [0.25, 0.3) is 0 Å². The van der Waals surface area contributed by atoms with Gasteiger partial charge in [0.05, 0.1) is 6.07 Å². The molecule has 0 N–H and O–H groups in total. The smallest absolute Gasteiger partial charge is 0.223 e. The first kappa shape index (κ1) is 14.7. The summed E-state index contributed by atoms with van der Waals surface area (Å²) in [4.78, 5) is 13.4. The Labute approximate surface area is 117 Å². The molecular formula is C14H17BrN2O. The molecule has 0 fully saturated rings. The van der Waals surface area contributed by atoms with Crippen molar-refractivity contribution in [2.24, 2.45) is 0 Å². The molecule has 1 aromatic rings. The van der Waals surface area contributed by atoms with Gasteiger partial charge in [0, 0.05) is 17.9 Å². The average Bonchev–Trinajstić information content (AvgIpc) is 2.36. The van der Waals surface area contributed by atoms with Crippen LogP contribution in [0, 0.1) is 11.3 Å². The zero-order valence-corrected chi connectivity index (χ0v) is 12.3. The lowest BCUT2D eigenvalue weighted by atomic mass is 10.1. The summed E-state index contributed by atoms with van der Waals surface area (Å²) >= 11 is 3.37. The lowest BCUT2D eigenvalue weighted by Gasteiger charge is -2.23. The van der Waals surface area contributed by atoms with Gasteiger partial charge in [0.1, 0.15) is 6.04 Å². The summed E-state index contributed by atoms with van der Waals surface area (Å²) < 4.78 is 0.912. The second-order valence-electron chi connectivity index (χ2n) is 4.19. The van der Waals surface area contributed by atoms with Gasteiger partial charge in [-0.15, -0.1) is 0 Å².